The summed E-state index contributed by atoms with van der Waals surface area (Å²) < 4.78 is 169. The summed E-state index contributed by atoms with van der Waals surface area (Å²) in [6.07, 6.45) is -4.55. The molecule has 0 atom stereocenters. The van der Waals surface area contributed by atoms with Gasteiger partial charge in [0.2, 0.25) is 0 Å². The van der Waals surface area contributed by atoms with Gasteiger partial charge in [-0.3, -0.25) is 8.78 Å². The van der Waals surface area contributed by atoms with Crippen molar-refractivity contribution in [1.82, 2.24) is 59.1 Å². The fourth-order valence-corrected chi connectivity index (χ4v) is 11.2. The Bertz CT molecular complexity index is 6050. The normalized spacial score (nSPS) is 10.5. The second-order valence-corrected chi connectivity index (χ2v) is 23.5. The van der Waals surface area contributed by atoms with Gasteiger partial charge in [0.25, 0.3) is 0 Å². The van der Waals surface area contributed by atoms with E-state index in [1.54, 1.807) is 114 Å². The number of rotatable bonds is 12. The molecule has 16 aromatic rings. The zero-order valence-corrected chi connectivity index (χ0v) is 67.5. The number of aromatic nitrogens is 12. The predicted molar refractivity (Wildman–Crippen MR) is 385 cm³/mol. The van der Waals surface area contributed by atoms with Gasteiger partial charge in [-0.25, -0.2) is 40.8 Å². The van der Waals surface area contributed by atoms with Gasteiger partial charge < -0.3 is 18.3 Å². The quantitative estimate of drug-likeness (QED) is 0.0650. The van der Waals surface area contributed by atoms with Gasteiger partial charge in [-0.05, 0) is 114 Å². The van der Waals surface area contributed by atoms with Gasteiger partial charge in [-0.2, -0.15) is 38.8 Å². The molecule has 0 saturated heterocycles. The van der Waals surface area contributed by atoms with Crippen LogP contribution in [0.15, 0.2) is 261 Å². The molecule has 4 radical (unpaired) electrons. The summed E-state index contributed by atoms with van der Waals surface area (Å²) >= 11 is 0. The van der Waals surface area contributed by atoms with Crippen molar-refractivity contribution < 1.29 is 133 Å². The van der Waals surface area contributed by atoms with Crippen molar-refractivity contribution in [3.63, 3.8) is 0 Å². The van der Waals surface area contributed by atoms with Gasteiger partial charge in [0, 0.05) is 150 Å². The average molecular weight is 2260 g/mol. The first-order valence-corrected chi connectivity index (χ1v) is 32.6. The van der Waals surface area contributed by atoms with Crippen molar-refractivity contribution >= 4 is 5.69 Å². The molecule has 4 aromatic heterocycles. The van der Waals surface area contributed by atoms with Crippen molar-refractivity contribution in [2.24, 2.45) is 0 Å². The summed E-state index contributed by atoms with van der Waals surface area (Å²) in [6, 6.07) is 80.4. The molecule has 0 aliphatic heterocycles. The van der Waals surface area contributed by atoms with Crippen LogP contribution in [0.4, 0.5) is 58.4 Å². The second-order valence-electron chi connectivity index (χ2n) is 23.5. The Balaban J connectivity index is 0.000000174. The minimum Gasteiger partial charge on any atom is -0.316 e. The van der Waals surface area contributed by atoms with Crippen LogP contribution in [0.3, 0.4) is 0 Å². The molecule has 578 valence electrons. The second kappa shape index (κ2) is 38.8. The number of alkyl halides is 3. The van der Waals surface area contributed by atoms with Crippen molar-refractivity contribution in [1.29, 1.82) is 10.5 Å². The van der Waals surface area contributed by atoms with Crippen LogP contribution >= 0.6 is 0 Å². The Morgan fingerprint density at radius 1 is 0.322 bits per heavy atom. The molecule has 0 bridgehead atoms. The first-order valence-electron chi connectivity index (χ1n) is 32.6. The maximum Gasteiger partial charge on any atom is 0.381 e. The van der Waals surface area contributed by atoms with Crippen LogP contribution in [-0.4, -0.2) is 59.1 Å². The number of hydrogen-bond acceptors (Lipinski definition) is 10. The molecule has 0 aliphatic rings. The van der Waals surface area contributed by atoms with E-state index >= 15 is 0 Å². The molecule has 115 heavy (non-hydrogen) atoms. The molecule has 0 aliphatic carbocycles. The summed E-state index contributed by atoms with van der Waals surface area (Å²) in [4.78, 5) is 3.44. The smallest absolute Gasteiger partial charge is 0.316 e. The number of nitriles is 2. The van der Waals surface area contributed by atoms with E-state index in [4.69, 9.17) is 11.8 Å². The van der Waals surface area contributed by atoms with Gasteiger partial charge in [0.15, 0.2) is 52.3 Å². The molecular weight excluding hydrogens is 2220 g/mol. The zero-order valence-electron chi connectivity index (χ0n) is 57.9. The standard InChI is InChI=1S/C22H11FN5.C21H10F6N3.C21H10F3N4.C20H12F2N3.4Ir/c1-25-19-12-15(14-24)11-17(13-19)22-27-26-21(16-7-9-18(23)10-8-16)28(22)20-5-3-2-4-6-20;22-14-10-16(18(24)17(23)11-14)20-29-28-19(30(20)15-4-2-1-3-5-15)12-6-8-13(9-7-12)21(25,26)27;22-15-10-17(19(24)18(23)11-15)21-27-26-20(14-8-6-13(12-25)7-9-14)28(21)16-4-2-1-3-5-16;21-16-10-6-14(7-11-16)19-23-24-20(15-8-12-17(22)13-9-15)25(19)18-4-2-1-3-5-18;;;;/h2-7,9-13H;1-6,8-11H;1-8,10-11H;1-8,10-13H;;;;/q4*-1;;;;. The van der Waals surface area contributed by atoms with E-state index in [0.717, 1.165) is 47.3 Å². The number of halogens is 12. The predicted octanol–water partition coefficient (Wildman–Crippen LogP) is 20.2. The first kappa shape index (κ1) is 86.4. The largest absolute Gasteiger partial charge is 0.381 e. The summed E-state index contributed by atoms with van der Waals surface area (Å²) in [7, 11) is 0. The molecule has 0 saturated carbocycles. The Hall–Kier alpha value is -12.6. The van der Waals surface area contributed by atoms with E-state index in [1.807, 2.05) is 71.3 Å². The number of hydrogen-bond donors (Lipinski definition) is 0. The maximum atomic E-state index is 14.4. The van der Waals surface area contributed by atoms with E-state index in [2.05, 4.69) is 76.0 Å². The number of benzene rings is 12. The molecule has 0 unspecified atom stereocenters. The molecule has 4 heterocycles. The molecule has 15 nitrogen and oxygen atoms in total. The van der Waals surface area contributed by atoms with Crippen LogP contribution in [0.5, 0.6) is 0 Å². The molecule has 0 amide bonds. The molecule has 0 fully saturated rings. The SMILES string of the molecule is Fc1c[c-]c(-c2nnc(-c3ccc(F)cc3)n2-c2ccccc2)cc1.Fc1cc(F)c(F)c(-c2nnc(-c3[c-]cc(C(F)(F)F)cc3)n2-c2ccccc2)c1.N#Cc1c[c-]c(-c2nnc(-c3cc(F)cc(F)c3F)n2-c2ccccc2)cc1.[C-]#[N+]c1cc(C#N)cc(-c2nnc(-c3[c-]cc(F)cc3)n2-c2ccccc2)c1.[Ir].[Ir].[Ir].[Ir]. The summed E-state index contributed by atoms with van der Waals surface area (Å²) in [5.41, 5.74) is 5.11. The monoisotopic (exact) mass is 2260 g/mol. The Kier molecular flexibility index (Phi) is 29.1. The summed E-state index contributed by atoms with van der Waals surface area (Å²) in [5.74, 6) is -6.22. The van der Waals surface area contributed by atoms with Crippen LogP contribution in [0.2, 0.25) is 0 Å². The maximum absolute atomic E-state index is 14.4. The molecular formula is C84H43F12Ir4N15-4. The van der Waals surface area contributed by atoms with Gasteiger partial charge in [0.05, 0.1) is 47.1 Å². The summed E-state index contributed by atoms with van der Waals surface area (Å²) in [6.45, 7) is 7.28. The number of nitrogens with zero attached hydrogens (tertiary/aromatic N) is 15. The third kappa shape index (κ3) is 19.7. The molecule has 16 rings (SSSR count). The fourth-order valence-electron chi connectivity index (χ4n) is 11.2. The fraction of sp³-hybridized carbons (Fsp3) is 0.0119. The molecule has 0 N–H and O–H groups in total. The van der Waals surface area contributed by atoms with Crippen molar-refractivity contribution in [3.05, 3.63) is 366 Å². The average Bonchev–Trinajstić information content (AvgIpc) is 1.66. The van der Waals surface area contributed by atoms with E-state index < -0.39 is 58.0 Å². The summed E-state index contributed by atoms with van der Waals surface area (Å²) in [5, 5.41) is 51.2. The van der Waals surface area contributed by atoms with Crippen LogP contribution in [0, 0.1) is 106 Å². The number of para-hydroxylation sites is 4. The van der Waals surface area contributed by atoms with Crippen LogP contribution in [-0.2, 0) is 86.6 Å². The Morgan fingerprint density at radius 2 is 0.661 bits per heavy atom. The third-order valence-electron chi connectivity index (χ3n) is 16.3. The van der Waals surface area contributed by atoms with Gasteiger partial charge in [0.1, 0.15) is 17.5 Å². The van der Waals surface area contributed by atoms with Gasteiger partial charge in [-0.15, -0.1) is 140 Å². The van der Waals surface area contributed by atoms with Gasteiger partial charge in [-0.1, -0.05) is 72.8 Å². The minimum absolute atomic E-state index is 0. The zero-order chi connectivity index (χ0) is 77.9. The molecule has 31 heteroatoms. The molecule has 0 spiro atoms. The molecule has 12 aromatic carbocycles. The van der Waals surface area contributed by atoms with Gasteiger partial charge >= 0.3 is 6.18 Å². The third-order valence-corrected chi connectivity index (χ3v) is 16.3. The van der Waals surface area contributed by atoms with Crippen LogP contribution in [0.1, 0.15) is 16.7 Å². The van der Waals surface area contributed by atoms with Crippen LogP contribution in [0.25, 0.3) is 119 Å². The van der Waals surface area contributed by atoms with E-state index in [9.17, 15) is 57.9 Å². The van der Waals surface area contributed by atoms with Crippen molar-refractivity contribution in [3.8, 4) is 126 Å². The van der Waals surface area contributed by atoms with E-state index in [0.29, 0.717) is 85.9 Å². The van der Waals surface area contributed by atoms with Crippen LogP contribution < -0.4 is 0 Å². The van der Waals surface area contributed by atoms with Crippen molar-refractivity contribution in [2.75, 3.05) is 0 Å². The Morgan fingerprint density at radius 3 is 1.00 bits per heavy atom. The minimum atomic E-state index is -4.55. The topological polar surface area (TPSA) is 175 Å². The van der Waals surface area contributed by atoms with E-state index in [-0.39, 0.29) is 126 Å². The Labute approximate surface area is 700 Å². The van der Waals surface area contributed by atoms with E-state index in [1.165, 1.54) is 57.7 Å². The first-order chi connectivity index (χ1) is 53.7. The van der Waals surface area contributed by atoms with Crippen molar-refractivity contribution in [2.45, 2.75) is 6.18 Å².